The van der Waals surface area contributed by atoms with Gasteiger partial charge in [0.25, 0.3) is 0 Å². The monoisotopic (exact) mass is 318 g/mol. The fourth-order valence-corrected chi connectivity index (χ4v) is 2.40. The van der Waals surface area contributed by atoms with E-state index in [0.29, 0.717) is 5.76 Å². The Hall–Kier alpha value is -3.14. The summed E-state index contributed by atoms with van der Waals surface area (Å²) < 4.78 is 5.31. The largest absolute Gasteiger partial charge is 0.444 e. The van der Waals surface area contributed by atoms with Crippen LogP contribution in [0.4, 0.5) is 0 Å². The van der Waals surface area contributed by atoms with Crippen LogP contribution in [0.1, 0.15) is 24.1 Å². The quantitative estimate of drug-likeness (QED) is 0.716. The molecule has 1 heterocycles. The number of hydrogen-bond acceptors (Lipinski definition) is 3. The molecule has 1 aromatic heterocycles. The van der Waals surface area contributed by atoms with Crippen molar-refractivity contribution < 1.29 is 9.21 Å². The van der Waals surface area contributed by atoms with Crippen molar-refractivity contribution in [3.63, 3.8) is 0 Å². The smallest absolute Gasteiger partial charge is 0.244 e. The predicted molar refractivity (Wildman–Crippen MR) is 94.0 cm³/mol. The summed E-state index contributed by atoms with van der Waals surface area (Å²) in [5.74, 6) is 0.579. The zero-order valence-corrected chi connectivity index (χ0v) is 13.3. The lowest BCUT2D eigenvalue weighted by Crippen LogP contribution is -2.24. The van der Waals surface area contributed by atoms with Crippen LogP contribution in [0.5, 0.6) is 0 Å². The lowest BCUT2D eigenvalue weighted by Gasteiger charge is -2.13. The lowest BCUT2D eigenvalue weighted by molar-refractivity contribution is -0.117. The van der Waals surface area contributed by atoms with E-state index < -0.39 is 0 Å². The van der Waals surface area contributed by atoms with Gasteiger partial charge >= 0.3 is 0 Å². The van der Waals surface area contributed by atoms with E-state index in [9.17, 15) is 4.79 Å². The molecule has 24 heavy (non-hydrogen) atoms. The lowest BCUT2D eigenvalue weighted by atomic mass is 10.0. The van der Waals surface area contributed by atoms with Crippen LogP contribution >= 0.6 is 0 Å². The third kappa shape index (κ3) is 3.98. The maximum Gasteiger partial charge on any atom is 0.244 e. The van der Waals surface area contributed by atoms with Crippen LogP contribution in [0, 0.1) is 0 Å². The van der Waals surface area contributed by atoms with Gasteiger partial charge in [0.1, 0.15) is 0 Å². The van der Waals surface area contributed by atoms with Crippen LogP contribution in [-0.2, 0) is 4.79 Å². The third-order valence-corrected chi connectivity index (χ3v) is 3.69. The van der Waals surface area contributed by atoms with E-state index in [0.717, 1.165) is 16.7 Å². The molecule has 4 nitrogen and oxygen atoms in total. The van der Waals surface area contributed by atoms with E-state index in [2.05, 4.69) is 10.3 Å². The first-order chi connectivity index (χ1) is 11.7. The molecule has 0 spiro atoms. The molecule has 4 heteroatoms. The van der Waals surface area contributed by atoms with Crippen molar-refractivity contribution in [1.29, 1.82) is 0 Å². The summed E-state index contributed by atoms with van der Waals surface area (Å²) >= 11 is 0. The molecule has 0 saturated carbocycles. The second kappa shape index (κ2) is 7.42. The number of rotatable bonds is 5. The van der Waals surface area contributed by atoms with Gasteiger partial charge in [0, 0.05) is 11.6 Å². The van der Waals surface area contributed by atoms with Crippen LogP contribution in [0.2, 0.25) is 0 Å². The van der Waals surface area contributed by atoms with Crippen LogP contribution in [0.3, 0.4) is 0 Å². The predicted octanol–water partition coefficient (Wildman–Crippen LogP) is 4.23. The molecule has 0 aliphatic carbocycles. The average molecular weight is 318 g/mol. The Bertz CT molecular complexity index is 824. The summed E-state index contributed by atoms with van der Waals surface area (Å²) in [6.07, 6.45) is 6.42. The standard InChI is InChI=1S/C20H18N2O2/c1-15(22-20(23)11-10-16-6-3-2-4-7-16)17-8-5-9-18(12-17)19-13-21-14-24-19/h2-15H,1H3,(H,22,23)/b11-10+. The summed E-state index contributed by atoms with van der Waals surface area (Å²) in [6.45, 7) is 1.95. The molecule has 0 aliphatic rings. The Labute approximate surface area is 140 Å². The number of aromatic nitrogens is 1. The van der Waals surface area contributed by atoms with E-state index >= 15 is 0 Å². The highest BCUT2D eigenvalue weighted by Crippen LogP contribution is 2.22. The van der Waals surface area contributed by atoms with Gasteiger partial charge in [-0.25, -0.2) is 4.98 Å². The zero-order valence-electron chi connectivity index (χ0n) is 13.3. The van der Waals surface area contributed by atoms with Gasteiger partial charge in [0.15, 0.2) is 12.2 Å². The average Bonchev–Trinajstić information content (AvgIpc) is 3.16. The molecule has 120 valence electrons. The van der Waals surface area contributed by atoms with Crippen molar-refractivity contribution in [2.24, 2.45) is 0 Å². The summed E-state index contributed by atoms with van der Waals surface area (Å²) in [4.78, 5) is 16.0. The Kier molecular flexibility index (Phi) is 4.87. The summed E-state index contributed by atoms with van der Waals surface area (Å²) in [7, 11) is 0. The molecular weight excluding hydrogens is 300 g/mol. The summed E-state index contributed by atoms with van der Waals surface area (Å²) in [5.41, 5.74) is 2.93. The third-order valence-electron chi connectivity index (χ3n) is 3.69. The second-order valence-corrected chi connectivity index (χ2v) is 5.47. The fraction of sp³-hybridized carbons (Fsp3) is 0.100. The molecule has 1 unspecified atom stereocenters. The van der Waals surface area contributed by atoms with Gasteiger partial charge in [-0.2, -0.15) is 0 Å². The first kappa shape index (κ1) is 15.7. The minimum atomic E-state index is -0.128. The number of carbonyl (C=O) groups excluding carboxylic acids is 1. The molecule has 3 aromatic rings. The van der Waals surface area contributed by atoms with Gasteiger partial charge in [-0.15, -0.1) is 0 Å². The van der Waals surface area contributed by atoms with Gasteiger partial charge in [0.05, 0.1) is 12.2 Å². The molecule has 1 N–H and O–H groups in total. The first-order valence-electron chi connectivity index (χ1n) is 7.75. The number of hydrogen-bond donors (Lipinski definition) is 1. The van der Waals surface area contributed by atoms with Crippen LogP contribution in [0.25, 0.3) is 17.4 Å². The molecule has 1 amide bonds. The number of amides is 1. The van der Waals surface area contributed by atoms with Crippen molar-refractivity contribution in [3.05, 3.63) is 84.4 Å². The van der Waals surface area contributed by atoms with Gasteiger partial charge in [0.2, 0.25) is 5.91 Å². The Morgan fingerprint density at radius 2 is 2.00 bits per heavy atom. The number of nitrogens with one attached hydrogen (secondary N) is 1. The maximum atomic E-state index is 12.1. The molecule has 0 saturated heterocycles. The normalized spacial score (nSPS) is 12.2. The highest BCUT2D eigenvalue weighted by molar-refractivity contribution is 5.92. The summed E-state index contributed by atoms with van der Waals surface area (Å²) in [5, 5.41) is 2.97. The van der Waals surface area contributed by atoms with E-state index in [4.69, 9.17) is 4.42 Å². The highest BCUT2D eigenvalue weighted by atomic mass is 16.3. The highest BCUT2D eigenvalue weighted by Gasteiger charge is 2.09. The first-order valence-corrected chi connectivity index (χ1v) is 7.75. The SMILES string of the molecule is CC(NC(=O)/C=C/c1ccccc1)c1cccc(-c2cnco2)c1. The fourth-order valence-electron chi connectivity index (χ4n) is 2.40. The van der Waals surface area contributed by atoms with Crippen LogP contribution in [0.15, 0.2) is 77.7 Å². The van der Waals surface area contributed by atoms with Gasteiger partial charge in [-0.05, 0) is 30.2 Å². The molecular formula is C20H18N2O2. The minimum absolute atomic E-state index is 0.110. The molecule has 0 fully saturated rings. The number of nitrogens with zero attached hydrogens (tertiary/aromatic N) is 1. The number of benzene rings is 2. The Morgan fingerprint density at radius 3 is 2.75 bits per heavy atom. The van der Waals surface area contributed by atoms with Gasteiger partial charge < -0.3 is 9.73 Å². The zero-order chi connectivity index (χ0) is 16.8. The van der Waals surface area contributed by atoms with Crippen molar-refractivity contribution in [1.82, 2.24) is 10.3 Å². The van der Waals surface area contributed by atoms with E-state index in [-0.39, 0.29) is 11.9 Å². The Morgan fingerprint density at radius 1 is 1.17 bits per heavy atom. The van der Waals surface area contributed by atoms with Gasteiger partial charge in [-0.3, -0.25) is 4.79 Å². The molecule has 0 bridgehead atoms. The van der Waals surface area contributed by atoms with Crippen molar-refractivity contribution in [2.45, 2.75) is 13.0 Å². The van der Waals surface area contributed by atoms with E-state index in [1.54, 1.807) is 18.3 Å². The topological polar surface area (TPSA) is 55.1 Å². The van der Waals surface area contributed by atoms with Crippen LogP contribution in [-0.4, -0.2) is 10.9 Å². The van der Waals surface area contributed by atoms with Gasteiger partial charge in [-0.1, -0.05) is 48.5 Å². The molecule has 2 aromatic carbocycles. The van der Waals surface area contributed by atoms with Crippen molar-refractivity contribution in [2.75, 3.05) is 0 Å². The minimum Gasteiger partial charge on any atom is -0.444 e. The van der Waals surface area contributed by atoms with Crippen molar-refractivity contribution >= 4 is 12.0 Å². The van der Waals surface area contributed by atoms with Crippen molar-refractivity contribution in [3.8, 4) is 11.3 Å². The number of oxazole rings is 1. The van der Waals surface area contributed by atoms with E-state index in [1.807, 2.05) is 61.5 Å². The summed E-state index contributed by atoms with van der Waals surface area (Å²) in [6, 6.07) is 17.5. The molecule has 1 atom stereocenters. The van der Waals surface area contributed by atoms with E-state index in [1.165, 1.54) is 6.39 Å². The molecule has 0 radical (unpaired) electrons. The molecule has 0 aliphatic heterocycles. The Balaban J connectivity index is 1.66. The maximum absolute atomic E-state index is 12.1. The second-order valence-electron chi connectivity index (χ2n) is 5.47. The van der Waals surface area contributed by atoms with Crippen LogP contribution < -0.4 is 5.32 Å². The number of carbonyl (C=O) groups is 1. The molecule has 3 rings (SSSR count).